The summed E-state index contributed by atoms with van der Waals surface area (Å²) in [5, 5.41) is 0. The van der Waals surface area contributed by atoms with Crippen LogP contribution >= 0.6 is 0 Å². The highest BCUT2D eigenvalue weighted by Gasteiger charge is 2.00. The Hall–Kier alpha value is -2.09. The van der Waals surface area contributed by atoms with Gasteiger partial charge in [0.1, 0.15) is 0 Å². The lowest BCUT2D eigenvalue weighted by Gasteiger charge is -2.05. The van der Waals surface area contributed by atoms with E-state index in [1.807, 2.05) is 61.5 Å². The Balaban J connectivity index is 2.59. The van der Waals surface area contributed by atoms with E-state index in [1.165, 1.54) is 0 Å². The molecular formula is C14H13NO. The van der Waals surface area contributed by atoms with E-state index in [1.54, 1.807) is 10.8 Å². The fraction of sp³-hybridized carbons (Fsp3) is 0.0714. The van der Waals surface area contributed by atoms with Crippen molar-refractivity contribution in [2.45, 2.75) is 6.92 Å². The molecule has 0 amide bonds. The summed E-state index contributed by atoms with van der Waals surface area (Å²) in [6, 6.07) is 13.3. The molecule has 0 radical (unpaired) electrons. The van der Waals surface area contributed by atoms with Crippen LogP contribution in [-0.2, 0) is 0 Å². The number of rotatable bonds is 2. The number of hydrogen-bond acceptors (Lipinski definition) is 1. The molecule has 2 heteroatoms. The van der Waals surface area contributed by atoms with Gasteiger partial charge >= 0.3 is 0 Å². The number of allylic oxidation sites excluding steroid dienone is 1. The second kappa shape index (κ2) is 4.62. The van der Waals surface area contributed by atoms with Crippen LogP contribution in [0.5, 0.6) is 0 Å². The Morgan fingerprint density at radius 1 is 1.06 bits per heavy atom. The van der Waals surface area contributed by atoms with Crippen molar-refractivity contribution >= 4 is 6.08 Å². The van der Waals surface area contributed by atoms with E-state index in [0.29, 0.717) is 5.56 Å². The van der Waals surface area contributed by atoms with E-state index < -0.39 is 0 Å². The molecule has 0 aliphatic carbocycles. The topological polar surface area (TPSA) is 22.0 Å². The van der Waals surface area contributed by atoms with Crippen LogP contribution < -0.4 is 5.56 Å². The molecule has 0 spiro atoms. The zero-order valence-electron chi connectivity index (χ0n) is 9.13. The minimum absolute atomic E-state index is 0.00630. The molecule has 1 aromatic carbocycles. The Morgan fingerprint density at radius 3 is 2.50 bits per heavy atom. The van der Waals surface area contributed by atoms with Crippen molar-refractivity contribution in [3.63, 3.8) is 0 Å². The van der Waals surface area contributed by atoms with E-state index in [-0.39, 0.29) is 5.56 Å². The first-order chi connectivity index (χ1) is 7.83. The van der Waals surface area contributed by atoms with Crippen LogP contribution in [0.2, 0.25) is 0 Å². The van der Waals surface area contributed by atoms with Crippen molar-refractivity contribution in [3.8, 4) is 5.69 Å². The second-order valence-electron chi connectivity index (χ2n) is 3.47. The monoisotopic (exact) mass is 211 g/mol. The van der Waals surface area contributed by atoms with Crippen molar-refractivity contribution in [2.24, 2.45) is 0 Å². The lowest BCUT2D eigenvalue weighted by atomic mass is 10.2. The van der Waals surface area contributed by atoms with Gasteiger partial charge in [0, 0.05) is 17.4 Å². The van der Waals surface area contributed by atoms with Crippen molar-refractivity contribution in [2.75, 3.05) is 0 Å². The van der Waals surface area contributed by atoms with Crippen molar-refractivity contribution < 1.29 is 0 Å². The van der Waals surface area contributed by atoms with Crippen LogP contribution in [0, 0.1) is 0 Å². The zero-order valence-corrected chi connectivity index (χ0v) is 9.13. The molecule has 0 aliphatic heterocycles. The lowest BCUT2D eigenvalue weighted by molar-refractivity contribution is 0.985. The zero-order chi connectivity index (χ0) is 11.4. The second-order valence-corrected chi connectivity index (χ2v) is 3.47. The summed E-state index contributed by atoms with van der Waals surface area (Å²) < 4.78 is 1.65. The highest BCUT2D eigenvalue weighted by molar-refractivity contribution is 5.48. The molecule has 2 aromatic rings. The fourth-order valence-electron chi connectivity index (χ4n) is 1.61. The first-order valence-electron chi connectivity index (χ1n) is 5.22. The quantitative estimate of drug-likeness (QED) is 0.748. The Morgan fingerprint density at radius 2 is 1.81 bits per heavy atom. The van der Waals surface area contributed by atoms with Gasteiger partial charge in [0.2, 0.25) is 0 Å². The minimum Gasteiger partial charge on any atom is -0.284 e. The first-order valence-corrected chi connectivity index (χ1v) is 5.22. The summed E-state index contributed by atoms with van der Waals surface area (Å²) >= 11 is 0. The highest BCUT2D eigenvalue weighted by Crippen LogP contribution is 2.04. The van der Waals surface area contributed by atoms with E-state index >= 15 is 0 Å². The summed E-state index contributed by atoms with van der Waals surface area (Å²) in [5.74, 6) is 0. The van der Waals surface area contributed by atoms with Gasteiger partial charge in [0.05, 0.1) is 0 Å². The van der Waals surface area contributed by atoms with Crippen molar-refractivity contribution in [1.29, 1.82) is 0 Å². The molecule has 0 saturated heterocycles. The van der Waals surface area contributed by atoms with E-state index in [4.69, 9.17) is 0 Å². The number of para-hydroxylation sites is 1. The fourth-order valence-corrected chi connectivity index (χ4v) is 1.61. The SMILES string of the molecule is CC=Cc1cccn(-c2ccccc2)c1=O. The van der Waals surface area contributed by atoms with Gasteiger partial charge < -0.3 is 0 Å². The molecule has 2 rings (SSSR count). The maximum Gasteiger partial charge on any atom is 0.262 e. The molecule has 0 unspecified atom stereocenters. The van der Waals surface area contributed by atoms with Crippen molar-refractivity contribution in [1.82, 2.24) is 4.57 Å². The lowest BCUT2D eigenvalue weighted by Crippen LogP contribution is -2.19. The summed E-state index contributed by atoms with van der Waals surface area (Å²) in [6.07, 6.45) is 5.47. The molecule has 1 aromatic heterocycles. The standard InChI is InChI=1S/C14H13NO/c1-2-7-12-8-6-11-15(14(12)16)13-9-4-3-5-10-13/h2-11H,1H3. The number of aromatic nitrogens is 1. The molecular weight excluding hydrogens is 198 g/mol. The van der Waals surface area contributed by atoms with Gasteiger partial charge in [0.25, 0.3) is 5.56 Å². The van der Waals surface area contributed by atoms with Crippen LogP contribution in [0.1, 0.15) is 12.5 Å². The number of benzene rings is 1. The van der Waals surface area contributed by atoms with Gasteiger partial charge in [-0.25, -0.2) is 0 Å². The Labute approximate surface area is 94.5 Å². The third-order valence-corrected chi connectivity index (χ3v) is 2.36. The van der Waals surface area contributed by atoms with Crippen LogP contribution in [0.4, 0.5) is 0 Å². The maximum absolute atomic E-state index is 12.1. The minimum atomic E-state index is 0.00630. The van der Waals surface area contributed by atoms with Crippen LogP contribution in [0.3, 0.4) is 0 Å². The molecule has 0 atom stereocenters. The maximum atomic E-state index is 12.1. The molecule has 80 valence electrons. The van der Waals surface area contributed by atoms with E-state index in [2.05, 4.69) is 0 Å². The predicted molar refractivity (Wildman–Crippen MR) is 66.7 cm³/mol. The Bertz CT molecular complexity index is 552. The van der Waals surface area contributed by atoms with Gasteiger partial charge in [0.15, 0.2) is 0 Å². The average molecular weight is 211 g/mol. The largest absolute Gasteiger partial charge is 0.284 e. The summed E-state index contributed by atoms with van der Waals surface area (Å²) in [5.41, 5.74) is 1.60. The number of nitrogens with zero attached hydrogens (tertiary/aromatic N) is 1. The molecule has 0 bridgehead atoms. The van der Waals surface area contributed by atoms with E-state index in [9.17, 15) is 4.79 Å². The summed E-state index contributed by atoms with van der Waals surface area (Å²) in [7, 11) is 0. The molecule has 0 aliphatic rings. The average Bonchev–Trinajstić information content (AvgIpc) is 2.33. The molecule has 0 fully saturated rings. The molecule has 1 heterocycles. The van der Waals surface area contributed by atoms with Crippen LogP contribution in [0.25, 0.3) is 11.8 Å². The summed E-state index contributed by atoms with van der Waals surface area (Å²) in [6.45, 7) is 1.90. The van der Waals surface area contributed by atoms with Gasteiger partial charge in [-0.05, 0) is 31.2 Å². The molecule has 2 nitrogen and oxygen atoms in total. The third kappa shape index (κ3) is 1.96. The summed E-state index contributed by atoms with van der Waals surface area (Å²) in [4.78, 5) is 12.1. The first kappa shape index (κ1) is 10.4. The van der Waals surface area contributed by atoms with Gasteiger partial charge in [-0.15, -0.1) is 0 Å². The van der Waals surface area contributed by atoms with Crippen LogP contribution in [0.15, 0.2) is 59.5 Å². The number of pyridine rings is 1. The van der Waals surface area contributed by atoms with Crippen LogP contribution in [-0.4, -0.2) is 4.57 Å². The van der Waals surface area contributed by atoms with Gasteiger partial charge in [-0.3, -0.25) is 9.36 Å². The van der Waals surface area contributed by atoms with E-state index in [0.717, 1.165) is 5.69 Å². The molecule has 0 saturated carbocycles. The van der Waals surface area contributed by atoms with Gasteiger partial charge in [-0.1, -0.05) is 30.4 Å². The molecule has 16 heavy (non-hydrogen) atoms. The Kier molecular flexibility index (Phi) is 3.01. The highest BCUT2D eigenvalue weighted by atomic mass is 16.1. The van der Waals surface area contributed by atoms with Gasteiger partial charge in [-0.2, -0.15) is 0 Å². The predicted octanol–water partition coefficient (Wildman–Crippen LogP) is 2.87. The third-order valence-electron chi connectivity index (χ3n) is 2.36. The molecule has 0 N–H and O–H groups in total. The number of hydrogen-bond donors (Lipinski definition) is 0. The normalized spacial score (nSPS) is 10.8. The smallest absolute Gasteiger partial charge is 0.262 e. The van der Waals surface area contributed by atoms with Crippen molar-refractivity contribution in [3.05, 3.63) is 70.7 Å².